The third-order valence-corrected chi connectivity index (χ3v) is 10.8. The minimum Gasteiger partial charge on any atom is -0.258 e. The maximum absolute atomic E-state index is 10.6. The molecule has 0 aliphatic heterocycles. The van der Waals surface area contributed by atoms with Gasteiger partial charge in [0.2, 0.25) is 0 Å². The topological polar surface area (TPSA) is 86.3 Å². The lowest BCUT2D eigenvalue weighted by Gasteiger charge is -2.14. The summed E-state index contributed by atoms with van der Waals surface area (Å²) in [6.45, 7) is 0. The number of nitro groups is 2. The van der Waals surface area contributed by atoms with Crippen LogP contribution in [-0.2, 0) is 11.8 Å². The van der Waals surface area contributed by atoms with Crippen LogP contribution in [0.5, 0.6) is 0 Å². The third-order valence-electron chi connectivity index (χ3n) is 2.54. The van der Waals surface area contributed by atoms with Crippen molar-refractivity contribution < 1.29 is 9.85 Å². The second-order valence-corrected chi connectivity index (χ2v) is 18.7. The van der Waals surface area contributed by atoms with Crippen LogP contribution in [0, 0.1) is 20.2 Å². The van der Waals surface area contributed by atoms with Crippen molar-refractivity contribution in [3.8, 4) is 0 Å². The smallest absolute Gasteiger partial charge is 0.258 e. The zero-order valence-electron chi connectivity index (χ0n) is 11.3. The highest BCUT2D eigenvalue weighted by Crippen LogP contribution is 2.77. The molecule has 2 aromatic carbocycles. The number of rotatable bonds is 6. The normalized spacial score (nSPS) is 11.2. The second kappa shape index (κ2) is 7.67. The van der Waals surface area contributed by atoms with Crippen LogP contribution in [0.4, 0.5) is 11.4 Å². The molecule has 11 heteroatoms. The molecular weight excluding hydrogens is 395 g/mol. The summed E-state index contributed by atoms with van der Waals surface area (Å²) in [5.41, 5.74) is 0.0367. The van der Waals surface area contributed by atoms with Gasteiger partial charge in [-0.25, -0.2) is 0 Å². The lowest BCUT2D eigenvalue weighted by atomic mass is 10.3. The standard InChI is InChI=1S/C12H9N2O4PS4/c15-13(16)9-1-5-11(6-2-9)22-19(20,21)23-12-7-3-10(4-8-12)14(17)18/h1-8H,(H,20,21). The van der Waals surface area contributed by atoms with E-state index in [4.69, 9.17) is 11.8 Å². The molecule has 23 heavy (non-hydrogen) atoms. The molecule has 120 valence electrons. The van der Waals surface area contributed by atoms with Gasteiger partial charge in [-0.05, 0) is 24.3 Å². The number of thiol groups is 1. The summed E-state index contributed by atoms with van der Waals surface area (Å²) in [5.74, 6) is 0. The quantitative estimate of drug-likeness (QED) is 0.293. The maximum atomic E-state index is 10.6. The van der Waals surface area contributed by atoms with E-state index in [1.54, 1.807) is 24.3 Å². The second-order valence-electron chi connectivity index (χ2n) is 4.15. The third kappa shape index (κ3) is 5.50. The van der Waals surface area contributed by atoms with Gasteiger partial charge in [0.05, 0.1) is 9.85 Å². The molecule has 0 aliphatic carbocycles. The van der Waals surface area contributed by atoms with Crippen molar-refractivity contribution in [1.82, 2.24) is 0 Å². The van der Waals surface area contributed by atoms with E-state index in [9.17, 15) is 20.2 Å². The summed E-state index contributed by atoms with van der Waals surface area (Å²) in [5, 5.41) is 21.3. The Labute approximate surface area is 150 Å². The highest BCUT2D eigenvalue weighted by molar-refractivity contribution is 9.20. The lowest BCUT2D eigenvalue weighted by Crippen LogP contribution is -1.86. The maximum Gasteiger partial charge on any atom is 0.269 e. The minimum absolute atomic E-state index is 0.0184. The molecule has 0 fully saturated rings. The van der Waals surface area contributed by atoms with Gasteiger partial charge in [0.25, 0.3) is 11.4 Å². The molecule has 0 bridgehead atoms. The van der Waals surface area contributed by atoms with Gasteiger partial charge in [0.1, 0.15) is 3.64 Å². The summed E-state index contributed by atoms with van der Waals surface area (Å²) in [4.78, 5) is 21.9. The monoisotopic (exact) mass is 404 g/mol. The average Bonchev–Trinajstić information content (AvgIpc) is 2.47. The number of benzene rings is 2. The zero-order valence-corrected chi connectivity index (χ0v) is 15.5. The molecule has 2 aromatic rings. The van der Waals surface area contributed by atoms with Crippen LogP contribution in [0.2, 0.25) is 0 Å². The molecule has 0 saturated carbocycles. The Morgan fingerprint density at radius 2 is 1.13 bits per heavy atom. The van der Waals surface area contributed by atoms with Crippen LogP contribution >= 0.6 is 38.7 Å². The number of hydrogen-bond acceptors (Lipinski definition) is 7. The Hall–Kier alpha value is -1.06. The van der Waals surface area contributed by atoms with Gasteiger partial charge in [0, 0.05) is 34.1 Å². The molecule has 0 atom stereocenters. The molecule has 0 aromatic heterocycles. The van der Waals surface area contributed by atoms with E-state index in [-0.39, 0.29) is 11.4 Å². The van der Waals surface area contributed by atoms with E-state index in [1.165, 1.54) is 47.0 Å². The minimum atomic E-state index is -2.19. The van der Waals surface area contributed by atoms with Gasteiger partial charge in [0.15, 0.2) is 0 Å². The Balaban J connectivity index is 2.07. The van der Waals surface area contributed by atoms with Gasteiger partial charge in [-0.2, -0.15) is 0 Å². The molecule has 0 N–H and O–H groups in total. The molecule has 0 saturated heterocycles. The van der Waals surface area contributed by atoms with E-state index in [1.807, 2.05) is 0 Å². The van der Waals surface area contributed by atoms with Crippen LogP contribution < -0.4 is 0 Å². The fourth-order valence-corrected chi connectivity index (χ4v) is 10.2. The van der Waals surface area contributed by atoms with E-state index < -0.39 is 13.5 Å². The number of hydrogen-bond donors (Lipinski definition) is 1. The summed E-state index contributed by atoms with van der Waals surface area (Å²) < 4.78 is -2.19. The van der Waals surface area contributed by atoms with Crippen molar-refractivity contribution in [1.29, 1.82) is 0 Å². The molecule has 6 nitrogen and oxygen atoms in total. The first-order chi connectivity index (χ1) is 10.8. The Bertz CT molecular complexity index is 719. The number of non-ortho nitro benzene ring substituents is 2. The van der Waals surface area contributed by atoms with E-state index in [0.717, 1.165) is 9.79 Å². The van der Waals surface area contributed by atoms with Crippen LogP contribution in [0.1, 0.15) is 0 Å². The van der Waals surface area contributed by atoms with Crippen molar-refractivity contribution in [3.05, 3.63) is 68.8 Å². The Kier molecular flexibility index (Phi) is 6.10. The zero-order chi connectivity index (χ0) is 17.0. The van der Waals surface area contributed by atoms with Gasteiger partial charge >= 0.3 is 0 Å². The molecule has 0 radical (unpaired) electrons. The van der Waals surface area contributed by atoms with Gasteiger partial charge < -0.3 is 0 Å². The van der Waals surface area contributed by atoms with Crippen LogP contribution in [0.25, 0.3) is 0 Å². The number of nitrogens with zero attached hydrogens (tertiary/aromatic N) is 2. The highest BCUT2D eigenvalue weighted by atomic mass is 33.5. The molecular formula is C12H9N2O4PS4. The number of nitro benzene ring substituents is 2. The van der Waals surface area contributed by atoms with Crippen molar-refractivity contribution >= 4 is 61.8 Å². The van der Waals surface area contributed by atoms with Crippen LogP contribution in [-0.4, -0.2) is 9.85 Å². The van der Waals surface area contributed by atoms with E-state index in [0.29, 0.717) is 0 Å². The molecule has 0 amide bonds. The largest absolute Gasteiger partial charge is 0.269 e. The predicted molar refractivity (Wildman–Crippen MR) is 101 cm³/mol. The van der Waals surface area contributed by atoms with Gasteiger partial charge in [-0.3, -0.25) is 20.2 Å². The Morgan fingerprint density at radius 3 is 1.39 bits per heavy atom. The first-order valence-corrected chi connectivity index (χ1v) is 12.8. The van der Waals surface area contributed by atoms with E-state index >= 15 is 0 Å². The van der Waals surface area contributed by atoms with Crippen molar-refractivity contribution in [2.24, 2.45) is 0 Å². The van der Waals surface area contributed by atoms with Crippen LogP contribution in [0.15, 0.2) is 58.3 Å². The van der Waals surface area contributed by atoms with Crippen molar-refractivity contribution in [2.45, 2.75) is 9.79 Å². The molecule has 0 heterocycles. The molecule has 0 spiro atoms. The first-order valence-electron chi connectivity index (χ1n) is 5.98. The Morgan fingerprint density at radius 1 is 0.826 bits per heavy atom. The molecule has 2 rings (SSSR count). The summed E-state index contributed by atoms with van der Waals surface area (Å²) in [6, 6.07) is 12.2. The van der Waals surface area contributed by atoms with Crippen molar-refractivity contribution in [3.63, 3.8) is 0 Å². The summed E-state index contributed by atoms with van der Waals surface area (Å²) in [6.07, 6.45) is 0. The highest BCUT2D eigenvalue weighted by Gasteiger charge is 2.17. The van der Waals surface area contributed by atoms with Crippen LogP contribution in [0.3, 0.4) is 0 Å². The lowest BCUT2D eigenvalue weighted by molar-refractivity contribution is -0.385. The predicted octanol–water partition coefficient (Wildman–Crippen LogP) is 5.54. The van der Waals surface area contributed by atoms with Gasteiger partial charge in [-0.1, -0.05) is 34.6 Å². The fraction of sp³-hybridized carbons (Fsp3) is 0. The average molecular weight is 404 g/mol. The molecule has 0 unspecified atom stereocenters. The molecule has 0 aliphatic rings. The van der Waals surface area contributed by atoms with Gasteiger partial charge in [-0.15, -0.1) is 12.2 Å². The fourth-order valence-electron chi connectivity index (χ4n) is 1.54. The first kappa shape index (κ1) is 18.3. The van der Waals surface area contributed by atoms with E-state index in [2.05, 4.69) is 12.2 Å². The van der Waals surface area contributed by atoms with Crippen molar-refractivity contribution in [2.75, 3.05) is 0 Å². The summed E-state index contributed by atoms with van der Waals surface area (Å²) >= 11 is 12.8. The SMILES string of the molecule is O=[N+]([O-])c1ccc(SP(=S)(S)Sc2ccc([N+](=O)[O-])cc2)cc1. The summed E-state index contributed by atoms with van der Waals surface area (Å²) in [7, 11) is 0.